The van der Waals surface area contributed by atoms with E-state index in [2.05, 4.69) is 10.3 Å². The van der Waals surface area contributed by atoms with Gasteiger partial charge in [0.15, 0.2) is 5.76 Å². The summed E-state index contributed by atoms with van der Waals surface area (Å²) in [6.45, 7) is 2.39. The molecule has 0 aliphatic heterocycles. The van der Waals surface area contributed by atoms with Gasteiger partial charge < -0.3 is 9.73 Å². The van der Waals surface area contributed by atoms with Crippen molar-refractivity contribution in [1.82, 2.24) is 10.3 Å². The van der Waals surface area contributed by atoms with Gasteiger partial charge in [-0.1, -0.05) is 54.1 Å². The molecular weight excluding hydrogens is 438 g/mol. The molecule has 0 bridgehead atoms. The van der Waals surface area contributed by atoms with E-state index in [4.69, 9.17) is 9.56 Å². The van der Waals surface area contributed by atoms with Crippen LogP contribution in [0.5, 0.6) is 0 Å². The summed E-state index contributed by atoms with van der Waals surface area (Å²) in [5.41, 5.74) is 4.01. The van der Waals surface area contributed by atoms with Crippen LogP contribution in [0.3, 0.4) is 0 Å². The minimum atomic E-state index is -3.72. The van der Waals surface area contributed by atoms with Crippen molar-refractivity contribution in [3.8, 4) is 22.8 Å². The molecule has 0 aliphatic carbocycles. The van der Waals surface area contributed by atoms with Crippen molar-refractivity contribution in [1.29, 1.82) is 0 Å². The maximum atomic E-state index is 12.9. The van der Waals surface area contributed by atoms with Crippen LogP contribution in [0.4, 0.5) is 0 Å². The van der Waals surface area contributed by atoms with Gasteiger partial charge in [0, 0.05) is 17.7 Å². The van der Waals surface area contributed by atoms with Crippen molar-refractivity contribution in [2.75, 3.05) is 6.54 Å². The second-order valence-electron chi connectivity index (χ2n) is 7.64. The summed E-state index contributed by atoms with van der Waals surface area (Å²) in [4.78, 5) is 17.3. The number of oxazole rings is 1. The van der Waals surface area contributed by atoms with Crippen LogP contribution in [-0.4, -0.2) is 25.9 Å². The second kappa shape index (κ2) is 9.40. The molecule has 0 atom stereocenters. The number of primary sulfonamides is 1. The van der Waals surface area contributed by atoms with Crippen LogP contribution in [0.1, 0.15) is 21.5 Å². The van der Waals surface area contributed by atoms with Crippen molar-refractivity contribution in [2.45, 2.75) is 18.2 Å². The SMILES string of the molecule is Cc1ccc(-c2cnc(-c3ccccc3C(=O)NCCc3ccc(S(N)(=O)=O)cc3)o2)cc1. The third-order valence-electron chi connectivity index (χ3n) is 5.19. The van der Waals surface area contributed by atoms with Gasteiger partial charge in [-0.25, -0.2) is 18.5 Å². The lowest BCUT2D eigenvalue weighted by atomic mass is 10.1. The summed E-state index contributed by atoms with van der Waals surface area (Å²) in [5.74, 6) is 0.750. The fraction of sp³-hybridized carbons (Fsp3) is 0.120. The number of nitrogens with two attached hydrogens (primary N) is 1. The zero-order chi connectivity index (χ0) is 23.4. The first-order valence-corrected chi connectivity index (χ1v) is 11.9. The van der Waals surface area contributed by atoms with Crippen LogP contribution in [0, 0.1) is 6.92 Å². The van der Waals surface area contributed by atoms with Gasteiger partial charge in [0.05, 0.1) is 16.7 Å². The highest BCUT2D eigenvalue weighted by molar-refractivity contribution is 7.89. The first-order chi connectivity index (χ1) is 15.8. The van der Waals surface area contributed by atoms with E-state index in [0.29, 0.717) is 35.7 Å². The molecule has 0 saturated carbocycles. The molecule has 0 unspecified atom stereocenters. The van der Waals surface area contributed by atoms with Crippen LogP contribution in [0.15, 0.2) is 88.3 Å². The van der Waals surface area contributed by atoms with Crippen molar-refractivity contribution in [3.05, 3.63) is 95.7 Å². The molecular formula is C25H23N3O4S. The smallest absolute Gasteiger partial charge is 0.252 e. The molecule has 3 aromatic carbocycles. The number of aromatic nitrogens is 1. The van der Waals surface area contributed by atoms with Crippen LogP contribution in [-0.2, 0) is 16.4 Å². The molecule has 3 N–H and O–H groups in total. The molecule has 0 spiro atoms. The van der Waals surface area contributed by atoms with Gasteiger partial charge in [0.1, 0.15) is 0 Å². The largest absolute Gasteiger partial charge is 0.436 e. The molecule has 0 saturated heterocycles. The summed E-state index contributed by atoms with van der Waals surface area (Å²) in [7, 11) is -3.72. The Kier molecular flexibility index (Phi) is 6.39. The zero-order valence-corrected chi connectivity index (χ0v) is 18.8. The van der Waals surface area contributed by atoms with Gasteiger partial charge in [-0.3, -0.25) is 4.79 Å². The number of sulfonamides is 1. The zero-order valence-electron chi connectivity index (χ0n) is 18.0. The second-order valence-corrected chi connectivity index (χ2v) is 9.20. The Morgan fingerprint density at radius 1 is 1.00 bits per heavy atom. The fourth-order valence-electron chi connectivity index (χ4n) is 3.38. The monoisotopic (exact) mass is 461 g/mol. The maximum absolute atomic E-state index is 12.9. The van der Waals surface area contributed by atoms with Crippen LogP contribution >= 0.6 is 0 Å². The van der Waals surface area contributed by atoms with Crippen molar-refractivity contribution in [2.24, 2.45) is 5.14 Å². The average molecular weight is 462 g/mol. The summed E-state index contributed by atoms with van der Waals surface area (Å²) in [6.07, 6.45) is 2.19. The molecule has 0 radical (unpaired) electrons. The van der Waals surface area contributed by atoms with Gasteiger partial charge in [0.2, 0.25) is 15.9 Å². The van der Waals surface area contributed by atoms with E-state index in [9.17, 15) is 13.2 Å². The number of carbonyl (C=O) groups excluding carboxylic acids is 1. The van der Waals surface area contributed by atoms with E-state index >= 15 is 0 Å². The molecule has 33 heavy (non-hydrogen) atoms. The predicted octanol–water partition coefficient (Wildman–Crippen LogP) is 3.94. The summed E-state index contributed by atoms with van der Waals surface area (Å²) in [6, 6.07) is 21.3. The number of hydrogen-bond acceptors (Lipinski definition) is 5. The third-order valence-corrected chi connectivity index (χ3v) is 6.12. The Morgan fingerprint density at radius 2 is 1.70 bits per heavy atom. The highest BCUT2D eigenvalue weighted by Gasteiger charge is 2.17. The molecule has 1 heterocycles. The summed E-state index contributed by atoms with van der Waals surface area (Å²) in [5, 5.41) is 8.01. The minimum absolute atomic E-state index is 0.0557. The average Bonchev–Trinajstić information content (AvgIpc) is 3.29. The number of amides is 1. The van der Waals surface area contributed by atoms with Gasteiger partial charge >= 0.3 is 0 Å². The quantitative estimate of drug-likeness (QED) is 0.433. The highest BCUT2D eigenvalue weighted by atomic mass is 32.2. The molecule has 168 valence electrons. The van der Waals surface area contributed by atoms with E-state index in [1.54, 1.807) is 36.5 Å². The number of nitrogens with one attached hydrogen (secondary N) is 1. The lowest BCUT2D eigenvalue weighted by Crippen LogP contribution is -2.26. The maximum Gasteiger partial charge on any atom is 0.252 e. The topological polar surface area (TPSA) is 115 Å². The molecule has 0 fully saturated rings. The standard InChI is InChI=1S/C25H23N3O4S/c1-17-6-10-19(11-7-17)23-16-28-25(32-23)22-5-3-2-4-21(22)24(29)27-15-14-18-8-12-20(13-9-18)33(26,30)31/h2-13,16H,14-15H2,1H3,(H,27,29)(H2,26,30,31). The third kappa shape index (κ3) is 5.36. The normalized spacial score (nSPS) is 11.3. The number of benzene rings is 3. The number of rotatable bonds is 7. The van der Waals surface area contributed by atoms with E-state index in [1.807, 2.05) is 37.3 Å². The van der Waals surface area contributed by atoms with E-state index in [1.165, 1.54) is 12.1 Å². The Morgan fingerprint density at radius 3 is 2.39 bits per heavy atom. The Labute approximate surface area is 192 Å². The van der Waals surface area contributed by atoms with Crippen molar-refractivity contribution in [3.63, 3.8) is 0 Å². The van der Waals surface area contributed by atoms with Crippen molar-refractivity contribution >= 4 is 15.9 Å². The van der Waals surface area contributed by atoms with E-state index < -0.39 is 10.0 Å². The fourth-order valence-corrected chi connectivity index (χ4v) is 3.89. The van der Waals surface area contributed by atoms with Gasteiger partial charge in [-0.05, 0) is 43.2 Å². The summed E-state index contributed by atoms with van der Waals surface area (Å²) >= 11 is 0. The molecule has 4 aromatic rings. The number of hydrogen-bond donors (Lipinski definition) is 2. The number of aryl methyl sites for hydroxylation is 1. The Balaban J connectivity index is 1.45. The lowest BCUT2D eigenvalue weighted by molar-refractivity contribution is 0.0954. The van der Waals surface area contributed by atoms with Crippen LogP contribution in [0.25, 0.3) is 22.8 Å². The molecule has 0 aliphatic rings. The van der Waals surface area contributed by atoms with Crippen LogP contribution in [0.2, 0.25) is 0 Å². The first kappa shape index (κ1) is 22.4. The lowest BCUT2D eigenvalue weighted by Gasteiger charge is -2.09. The summed E-state index contributed by atoms with van der Waals surface area (Å²) < 4.78 is 28.7. The van der Waals surface area contributed by atoms with Gasteiger partial charge in [-0.2, -0.15) is 0 Å². The number of carbonyl (C=O) groups is 1. The van der Waals surface area contributed by atoms with E-state index in [0.717, 1.165) is 16.7 Å². The number of nitrogens with zero attached hydrogens (tertiary/aromatic N) is 1. The molecule has 1 amide bonds. The van der Waals surface area contributed by atoms with Gasteiger partial charge in [0.25, 0.3) is 5.91 Å². The first-order valence-electron chi connectivity index (χ1n) is 10.3. The van der Waals surface area contributed by atoms with Gasteiger partial charge in [-0.15, -0.1) is 0 Å². The molecule has 1 aromatic heterocycles. The highest BCUT2D eigenvalue weighted by Crippen LogP contribution is 2.28. The Hall–Kier alpha value is -3.75. The Bertz CT molecular complexity index is 1380. The predicted molar refractivity (Wildman–Crippen MR) is 126 cm³/mol. The minimum Gasteiger partial charge on any atom is -0.436 e. The van der Waals surface area contributed by atoms with E-state index in [-0.39, 0.29) is 10.8 Å². The van der Waals surface area contributed by atoms with Crippen LogP contribution < -0.4 is 10.5 Å². The molecule has 7 nitrogen and oxygen atoms in total. The van der Waals surface area contributed by atoms with Crippen molar-refractivity contribution < 1.29 is 17.6 Å². The molecule has 4 rings (SSSR count). The molecule has 8 heteroatoms.